The summed E-state index contributed by atoms with van der Waals surface area (Å²) in [6.45, 7) is 0. The molecule has 3 aromatic rings. The van der Waals surface area contributed by atoms with E-state index in [1.54, 1.807) is 43.6 Å². The van der Waals surface area contributed by atoms with Crippen LogP contribution < -0.4 is 9.47 Å². The molecular weight excluding hydrogens is 340 g/mol. The summed E-state index contributed by atoms with van der Waals surface area (Å²) in [7, 11) is 1.57. The second-order valence-corrected chi connectivity index (χ2v) is 5.91. The summed E-state index contributed by atoms with van der Waals surface area (Å²) in [5.74, 6) is 0.641. The highest BCUT2D eigenvalue weighted by molar-refractivity contribution is 5.91. The van der Waals surface area contributed by atoms with Crippen molar-refractivity contribution >= 4 is 5.97 Å². The van der Waals surface area contributed by atoms with Gasteiger partial charge < -0.3 is 9.47 Å². The number of hydrogen-bond donors (Lipinski definition) is 0. The van der Waals surface area contributed by atoms with Crippen LogP contribution in [0.25, 0.3) is 0 Å². The van der Waals surface area contributed by atoms with Crippen molar-refractivity contribution < 1.29 is 14.3 Å². The molecule has 2 aromatic carbocycles. The van der Waals surface area contributed by atoms with Gasteiger partial charge in [0.1, 0.15) is 11.5 Å². The highest BCUT2D eigenvalue weighted by Gasteiger charge is 2.09. The molecule has 5 heteroatoms. The Labute approximate surface area is 157 Å². The molecule has 5 nitrogen and oxygen atoms in total. The van der Waals surface area contributed by atoms with Gasteiger partial charge in [0.05, 0.1) is 30.5 Å². The summed E-state index contributed by atoms with van der Waals surface area (Å²) in [6.07, 6.45) is 3.14. The molecule has 1 heterocycles. The van der Waals surface area contributed by atoms with Crippen LogP contribution in [0.5, 0.6) is 11.5 Å². The van der Waals surface area contributed by atoms with E-state index in [2.05, 4.69) is 11.1 Å². The van der Waals surface area contributed by atoms with E-state index in [9.17, 15) is 4.79 Å². The molecule has 0 saturated carbocycles. The quantitative estimate of drug-likeness (QED) is 0.624. The number of ether oxygens (including phenoxy) is 2. The number of methoxy groups -OCH3 is 1. The number of nitriles is 1. The van der Waals surface area contributed by atoms with Crippen molar-refractivity contribution in [1.29, 1.82) is 5.26 Å². The summed E-state index contributed by atoms with van der Waals surface area (Å²) in [4.78, 5) is 16.5. The van der Waals surface area contributed by atoms with E-state index in [4.69, 9.17) is 14.7 Å². The van der Waals surface area contributed by atoms with Gasteiger partial charge in [-0.05, 0) is 66.9 Å². The van der Waals surface area contributed by atoms with Crippen LogP contribution >= 0.6 is 0 Å². The van der Waals surface area contributed by atoms with Crippen molar-refractivity contribution in [2.24, 2.45) is 0 Å². The smallest absolute Gasteiger partial charge is 0.343 e. The minimum atomic E-state index is -0.440. The first-order chi connectivity index (χ1) is 13.2. The highest BCUT2D eigenvalue weighted by Crippen LogP contribution is 2.16. The number of nitrogens with zero attached hydrogens (tertiary/aromatic N) is 2. The standard InChI is InChI=1S/C22H18N2O3/c1-26-20-11-7-18(8-12-20)22(25)27-21-13-10-19(24-15-21)9-6-16-2-4-17(14-23)5-3-16/h2-5,7-8,10-13,15H,6,9H2,1H3. The van der Waals surface area contributed by atoms with E-state index in [0.717, 1.165) is 24.1 Å². The molecule has 27 heavy (non-hydrogen) atoms. The fourth-order valence-corrected chi connectivity index (χ4v) is 2.53. The van der Waals surface area contributed by atoms with E-state index < -0.39 is 5.97 Å². The van der Waals surface area contributed by atoms with Crippen molar-refractivity contribution in [3.8, 4) is 17.6 Å². The molecule has 0 N–H and O–H groups in total. The van der Waals surface area contributed by atoms with E-state index in [1.165, 1.54) is 0 Å². The molecule has 0 aliphatic rings. The van der Waals surface area contributed by atoms with Crippen LogP contribution in [0.1, 0.15) is 27.2 Å². The zero-order valence-corrected chi connectivity index (χ0v) is 14.9. The third-order valence-corrected chi connectivity index (χ3v) is 4.09. The van der Waals surface area contributed by atoms with E-state index >= 15 is 0 Å². The van der Waals surface area contributed by atoms with Gasteiger partial charge in [0, 0.05) is 5.69 Å². The average Bonchev–Trinajstić information content (AvgIpc) is 2.73. The number of carbonyl (C=O) groups is 1. The van der Waals surface area contributed by atoms with E-state index in [0.29, 0.717) is 22.6 Å². The number of benzene rings is 2. The third kappa shape index (κ3) is 4.93. The number of esters is 1. The average molecular weight is 358 g/mol. The third-order valence-electron chi connectivity index (χ3n) is 4.09. The largest absolute Gasteiger partial charge is 0.497 e. The predicted molar refractivity (Wildman–Crippen MR) is 101 cm³/mol. The zero-order chi connectivity index (χ0) is 19.1. The molecule has 0 amide bonds. The Morgan fingerprint density at radius 2 is 1.67 bits per heavy atom. The minimum Gasteiger partial charge on any atom is -0.497 e. The molecule has 134 valence electrons. The van der Waals surface area contributed by atoms with Crippen LogP contribution in [0, 0.1) is 11.3 Å². The minimum absolute atomic E-state index is 0.401. The first-order valence-corrected chi connectivity index (χ1v) is 8.48. The number of aromatic nitrogens is 1. The molecule has 0 saturated heterocycles. The molecule has 0 aliphatic carbocycles. The summed E-state index contributed by atoms with van der Waals surface area (Å²) in [5, 5.41) is 8.82. The molecule has 0 aliphatic heterocycles. The molecule has 0 fully saturated rings. The van der Waals surface area contributed by atoms with Gasteiger partial charge >= 0.3 is 5.97 Å². The number of pyridine rings is 1. The van der Waals surface area contributed by atoms with E-state index in [-0.39, 0.29) is 0 Å². The highest BCUT2D eigenvalue weighted by atomic mass is 16.5. The summed E-state index contributed by atoms with van der Waals surface area (Å²) in [6, 6.07) is 19.9. The van der Waals surface area contributed by atoms with Crippen molar-refractivity contribution in [1.82, 2.24) is 4.98 Å². The number of carbonyl (C=O) groups excluding carboxylic acids is 1. The molecule has 0 spiro atoms. The summed E-state index contributed by atoms with van der Waals surface area (Å²) in [5.41, 5.74) is 3.15. The van der Waals surface area contributed by atoms with Crippen LogP contribution in [0.4, 0.5) is 0 Å². The Balaban J connectivity index is 1.56. The van der Waals surface area contributed by atoms with Gasteiger partial charge in [-0.25, -0.2) is 4.79 Å². The Morgan fingerprint density at radius 3 is 2.26 bits per heavy atom. The van der Waals surface area contributed by atoms with Gasteiger partial charge in [0.15, 0.2) is 0 Å². The van der Waals surface area contributed by atoms with Gasteiger partial charge in [-0.2, -0.15) is 5.26 Å². The van der Waals surface area contributed by atoms with Crippen LogP contribution in [0.2, 0.25) is 0 Å². The zero-order valence-electron chi connectivity index (χ0n) is 14.9. The summed E-state index contributed by atoms with van der Waals surface area (Å²) >= 11 is 0. The molecule has 1 aromatic heterocycles. The predicted octanol–water partition coefficient (Wildman–Crippen LogP) is 3.97. The maximum absolute atomic E-state index is 12.1. The molecule has 0 bridgehead atoms. The molecule has 3 rings (SSSR count). The van der Waals surface area contributed by atoms with Crippen molar-refractivity contribution in [2.75, 3.05) is 7.11 Å². The monoisotopic (exact) mass is 358 g/mol. The lowest BCUT2D eigenvalue weighted by Crippen LogP contribution is -2.08. The van der Waals surface area contributed by atoms with Gasteiger partial charge in [-0.15, -0.1) is 0 Å². The second-order valence-electron chi connectivity index (χ2n) is 5.91. The molecule has 0 unspecified atom stereocenters. The molecule has 0 atom stereocenters. The van der Waals surface area contributed by atoms with Gasteiger partial charge in [-0.3, -0.25) is 4.98 Å². The molecule has 0 radical (unpaired) electrons. The van der Waals surface area contributed by atoms with Crippen LogP contribution in [-0.2, 0) is 12.8 Å². The van der Waals surface area contributed by atoms with Gasteiger partial charge in [0.25, 0.3) is 0 Å². The van der Waals surface area contributed by atoms with Crippen molar-refractivity contribution in [3.63, 3.8) is 0 Å². The van der Waals surface area contributed by atoms with Crippen molar-refractivity contribution in [3.05, 3.63) is 89.2 Å². The Bertz CT molecular complexity index is 941. The Morgan fingerprint density at radius 1 is 0.963 bits per heavy atom. The van der Waals surface area contributed by atoms with Crippen LogP contribution in [0.15, 0.2) is 66.9 Å². The number of rotatable bonds is 6. The maximum atomic E-state index is 12.1. The first kappa shape index (κ1) is 18.2. The fourth-order valence-electron chi connectivity index (χ4n) is 2.53. The lowest BCUT2D eigenvalue weighted by molar-refractivity contribution is 0.0734. The van der Waals surface area contributed by atoms with Crippen LogP contribution in [-0.4, -0.2) is 18.1 Å². The van der Waals surface area contributed by atoms with Gasteiger partial charge in [-0.1, -0.05) is 12.1 Å². The summed E-state index contributed by atoms with van der Waals surface area (Å²) < 4.78 is 10.4. The number of aryl methyl sites for hydroxylation is 2. The van der Waals surface area contributed by atoms with Gasteiger partial charge in [0.2, 0.25) is 0 Å². The lowest BCUT2D eigenvalue weighted by Gasteiger charge is -2.06. The Kier molecular flexibility index (Phi) is 5.80. The second kappa shape index (κ2) is 8.63. The Hall–Kier alpha value is -3.65. The maximum Gasteiger partial charge on any atom is 0.343 e. The first-order valence-electron chi connectivity index (χ1n) is 8.48. The van der Waals surface area contributed by atoms with Crippen molar-refractivity contribution in [2.45, 2.75) is 12.8 Å². The normalized spacial score (nSPS) is 10.1. The lowest BCUT2D eigenvalue weighted by atomic mass is 10.1. The topological polar surface area (TPSA) is 72.2 Å². The van der Waals surface area contributed by atoms with Crippen LogP contribution in [0.3, 0.4) is 0 Å². The number of hydrogen-bond acceptors (Lipinski definition) is 5. The molecular formula is C22H18N2O3. The SMILES string of the molecule is COc1ccc(C(=O)Oc2ccc(CCc3ccc(C#N)cc3)nc2)cc1. The fraction of sp³-hybridized carbons (Fsp3) is 0.136. The van der Waals surface area contributed by atoms with E-state index in [1.807, 2.05) is 30.3 Å².